The molecule has 0 aromatic rings. The number of rotatable bonds is 10. The Morgan fingerprint density at radius 2 is 1.84 bits per heavy atom. The van der Waals surface area contributed by atoms with Crippen LogP contribution in [0.4, 0.5) is 0 Å². The van der Waals surface area contributed by atoms with Crippen molar-refractivity contribution in [2.24, 2.45) is 5.73 Å². The fourth-order valence-corrected chi connectivity index (χ4v) is 2.00. The van der Waals surface area contributed by atoms with E-state index < -0.39 is 5.54 Å². The zero-order valence-corrected chi connectivity index (χ0v) is 13.2. The fourth-order valence-electron chi connectivity index (χ4n) is 2.00. The smallest absolute Gasteiger partial charge is 0.325 e. The van der Waals surface area contributed by atoms with E-state index in [1.54, 1.807) is 6.92 Å². The molecular weight excluding hydrogens is 242 g/mol. The molecule has 114 valence electrons. The van der Waals surface area contributed by atoms with E-state index in [-0.39, 0.29) is 5.97 Å². The van der Waals surface area contributed by atoms with Gasteiger partial charge in [0.1, 0.15) is 5.54 Å². The molecule has 0 amide bonds. The molecular formula is C14H31N3O2. The van der Waals surface area contributed by atoms with Crippen molar-refractivity contribution in [1.82, 2.24) is 9.80 Å². The highest BCUT2D eigenvalue weighted by molar-refractivity contribution is 5.79. The van der Waals surface area contributed by atoms with Crippen LogP contribution < -0.4 is 5.73 Å². The molecule has 0 radical (unpaired) electrons. The Kier molecular flexibility index (Phi) is 8.97. The molecule has 0 bridgehead atoms. The molecule has 0 heterocycles. The summed E-state index contributed by atoms with van der Waals surface area (Å²) in [5.41, 5.74) is 5.08. The third-order valence-electron chi connectivity index (χ3n) is 3.23. The van der Waals surface area contributed by atoms with Crippen LogP contribution in [0.5, 0.6) is 0 Å². The van der Waals surface area contributed by atoms with Crippen molar-refractivity contribution in [2.45, 2.75) is 38.6 Å². The highest BCUT2D eigenvalue weighted by atomic mass is 16.5. The Balaban J connectivity index is 4.07. The number of carbonyl (C=O) groups is 1. The van der Waals surface area contributed by atoms with Crippen molar-refractivity contribution >= 4 is 5.97 Å². The van der Waals surface area contributed by atoms with Crippen molar-refractivity contribution in [2.75, 3.05) is 47.4 Å². The van der Waals surface area contributed by atoms with Crippen LogP contribution in [0.2, 0.25) is 0 Å². The van der Waals surface area contributed by atoms with E-state index in [0.29, 0.717) is 6.42 Å². The fraction of sp³-hybridized carbons (Fsp3) is 0.929. The zero-order valence-electron chi connectivity index (χ0n) is 13.2. The molecule has 1 atom stereocenters. The maximum absolute atomic E-state index is 11.5. The Bertz CT molecular complexity index is 255. The molecule has 0 rings (SSSR count). The van der Waals surface area contributed by atoms with E-state index in [1.165, 1.54) is 7.11 Å². The Morgan fingerprint density at radius 1 is 1.21 bits per heavy atom. The van der Waals surface area contributed by atoms with E-state index in [2.05, 4.69) is 30.8 Å². The number of hydrogen-bond acceptors (Lipinski definition) is 5. The van der Waals surface area contributed by atoms with E-state index in [1.807, 2.05) is 0 Å². The lowest BCUT2D eigenvalue weighted by molar-refractivity contribution is -0.146. The van der Waals surface area contributed by atoms with Crippen LogP contribution in [0.25, 0.3) is 0 Å². The van der Waals surface area contributed by atoms with Gasteiger partial charge in [0.25, 0.3) is 0 Å². The van der Waals surface area contributed by atoms with Gasteiger partial charge in [0.05, 0.1) is 7.11 Å². The number of nitrogens with zero attached hydrogens (tertiary/aromatic N) is 2. The third kappa shape index (κ3) is 8.18. The monoisotopic (exact) mass is 273 g/mol. The summed E-state index contributed by atoms with van der Waals surface area (Å²) in [7, 11) is 5.55. The molecule has 0 aliphatic heterocycles. The predicted molar refractivity (Wildman–Crippen MR) is 79.1 cm³/mol. The first-order valence-corrected chi connectivity index (χ1v) is 7.08. The van der Waals surface area contributed by atoms with Crippen molar-refractivity contribution < 1.29 is 9.53 Å². The standard InChI is InChI=1S/C14H31N3O2/c1-6-9-17(12-11-16(3)4)10-7-8-14(2,15)13(18)19-5/h6-12,15H2,1-5H3. The summed E-state index contributed by atoms with van der Waals surface area (Å²) in [5, 5.41) is 0. The van der Waals surface area contributed by atoms with Gasteiger partial charge in [-0.15, -0.1) is 0 Å². The van der Waals surface area contributed by atoms with E-state index in [4.69, 9.17) is 10.5 Å². The van der Waals surface area contributed by atoms with Gasteiger partial charge in [-0.25, -0.2) is 0 Å². The minimum Gasteiger partial charge on any atom is -0.468 e. The quantitative estimate of drug-likeness (QED) is 0.600. The number of hydrogen-bond donors (Lipinski definition) is 1. The van der Waals surface area contributed by atoms with E-state index in [0.717, 1.165) is 39.0 Å². The number of likely N-dealkylation sites (N-methyl/N-ethyl adjacent to an activating group) is 1. The van der Waals surface area contributed by atoms with Gasteiger partial charge < -0.3 is 20.3 Å². The number of esters is 1. The van der Waals surface area contributed by atoms with Crippen LogP contribution in [0.3, 0.4) is 0 Å². The number of ether oxygens (including phenoxy) is 1. The van der Waals surface area contributed by atoms with Gasteiger partial charge in [-0.2, -0.15) is 0 Å². The molecule has 0 spiro atoms. The Morgan fingerprint density at radius 3 is 2.32 bits per heavy atom. The summed E-state index contributed by atoms with van der Waals surface area (Å²) in [6, 6.07) is 0. The van der Waals surface area contributed by atoms with E-state index in [9.17, 15) is 4.79 Å². The summed E-state index contributed by atoms with van der Waals surface area (Å²) in [6.45, 7) is 8.10. The molecule has 0 saturated heterocycles. The van der Waals surface area contributed by atoms with Crippen LogP contribution >= 0.6 is 0 Å². The number of methoxy groups -OCH3 is 1. The SMILES string of the molecule is CCCN(CCCC(C)(N)C(=O)OC)CCN(C)C. The van der Waals surface area contributed by atoms with Gasteiger partial charge in [0, 0.05) is 13.1 Å². The van der Waals surface area contributed by atoms with Crippen LogP contribution in [0.15, 0.2) is 0 Å². The summed E-state index contributed by atoms with van der Waals surface area (Å²) in [5.74, 6) is -0.331. The second-order valence-electron chi connectivity index (χ2n) is 5.66. The summed E-state index contributed by atoms with van der Waals surface area (Å²) in [4.78, 5) is 16.1. The molecule has 0 aromatic heterocycles. The largest absolute Gasteiger partial charge is 0.468 e. The van der Waals surface area contributed by atoms with Crippen LogP contribution in [-0.4, -0.2) is 68.7 Å². The normalized spacial score (nSPS) is 14.7. The van der Waals surface area contributed by atoms with Crippen molar-refractivity contribution in [1.29, 1.82) is 0 Å². The topological polar surface area (TPSA) is 58.8 Å². The minimum absolute atomic E-state index is 0.331. The zero-order chi connectivity index (χ0) is 14.9. The average Bonchev–Trinajstić information content (AvgIpc) is 2.34. The number of carbonyl (C=O) groups excluding carboxylic acids is 1. The summed E-state index contributed by atoms with van der Waals surface area (Å²) >= 11 is 0. The lowest BCUT2D eigenvalue weighted by Crippen LogP contribution is -2.46. The van der Waals surface area contributed by atoms with Gasteiger partial charge in [-0.05, 0) is 53.4 Å². The van der Waals surface area contributed by atoms with Gasteiger partial charge in [-0.3, -0.25) is 4.79 Å². The van der Waals surface area contributed by atoms with Crippen molar-refractivity contribution in [3.8, 4) is 0 Å². The Hall–Kier alpha value is -0.650. The lowest BCUT2D eigenvalue weighted by Gasteiger charge is -2.26. The van der Waals surface area contributed by atoms with Crippen molar-refractivity contribution in [3.05, 3.63) is 0 Å². The maximum atomic E-state index is 11.5. The lowest BCUT2D eigenvalue weighted by atomic mass is 9.97. The molecule has 0 aliphatic carbocycles. The second kappa shape index (κ2) is 9.28. The van der Waals surface area contributed by atoms with Gasteiger partial charge in [0.2, 0.25) is 0 Å². The Labute approximate surface area is 118 Å². The molecule has 0 aliphatic rings. The maximum Gasteiger partial charge on any atom is 0.325 e. The van der Waals surface area contributed by atoms with Gasteiger partial charge in [-0.1, -0.05) is 6.92 Å². The molecule has 5 heteroatoms. The van der Waals surface area contributed by atoms with Gasteiger partial charge >= 0.3 is 5.97 Å². The van der Waals surface area contributed by atoms with Crippen molar-refractivity contribution in [3.63, 3.8) is 0 Å². The second-order valence-corrected chi connectivity index (χ2v) is 5.66. The predicted octanol–water partition coefficient (Wildman–Crippen LogP) is 0.931. The first-order chi connectivity index (χ1) is 8.83. The first-order valence-electron chi connectivity index (χ1n) is 7.08. The minimum atomic E-state index is -0.867. The molecule has 0 fully saturated rings. The summed E-state index contributed by atoms with van der Waals surface area (Å²) < 4.78 is 4.71. The average molecular weight is 273 g/mol. The van der Waals surface area contributed by atoms with Crippen LogP contribution in [-0.2, 0) is 9.53 Å². The van der Waals surface area contributed by atoms with Gasteiger partial charge in [0.15, 0.2) is 0 Å². The number of nitrogens with two attached hydrogens (primary N) is 1. The van der Waals surface area contributed by atoms with E-state index >= 15 is 0 Å². The van der Waals surface area contributed by atoms with Crippen LogP contribution in [0.1, 0.15) is 33.1 Å². The molecule has 5 nitrogen and oxygen atoms in total. The first kappa shape index (κ1) is 18.4. The molecule has 19 heavy (non-hydrogen) atoms. The third-order valence-corrected chi connectivity index (χ3v) is 3.23. The highest BCUT2D eigenvalue weighted by Crippen LogP contribution is 2.11. The molecule has 0 aromatic carbocycles. The molecule has 1 unspecified atom stereocenters. The summed E-state index contributed by atoms with van der Waals surface area (Å²) in [6.07, 6.45) is 2.71. The van der Waals surface area contributed by atoms with Crippen LogP contribution in [0, 0.1) is 0 Å². The molecule has 2 N–H and O–H groups in total. The molecule has 0 saturated carbocycles. The highest BCUT2D eigenvalue weighted by Gasteiger charge is 2.28.